The molecule has 0 amide bonds. The highest BCUT2D eigenvalue weighted by Gasteiger charge is 2.25. The molecule has 6 nitrogen and oxygen atoms in total. The van der Waals surface area contributed by atoms with Crippen LogP contribution in [0.3, 0.4) is 0 Å². The molecule has 0 saturated carbocycles. The fraction of sp³-hybridized carbons (Fsp3) is 0.692. The number of ether oxygens (including phenoxy) is 1. The van der Waals surface area contributed by atoms with Crippen LogP contribution < -0.4 is 10.0 Å². The summed E-state index contributed by atoms with van der Waals surface area (Å²) in [6.45, 7) is 6.06. The molecule has 0 bridgehead atoms. The molecule has 0 radical (unpaired) electrons. The van der Waals surface area contributed by atoms with Crippen LogP contribution in [0.4, 0.5) is 0 Å². The first-order chi connectivity index (χ1) is 9.51. The van der Waals surface area contributed by atoms with Crippen molar-refractivity contribution in [1.29, 1.82) is 0 Å². The predicted octanol–water partition coefficient (Wildman–Crippen LogP) is 0.970. The lowest BCUT2D eigenvalue weighted by atomic mass is 10.1. The van der Waals surface area contributed by atoms with E-state index in [-0.39, 0.29) is 12.1 Å². The van der Waals surface area contributed by atoms with Crippen molar-refractivity contribution in [3.8, 4) is 0 Å². The zero-order valence-corrected chi connectivity index (χ0v) is 12.8. The van der Waals surface area contributed by atoms with Gasteiger partial charge in [-0.05, 0) is 32.4 Å². The number of hydrogen-bond donors (Lipinski definition) is 3. The second-order valence-electron chi connectivity index (χ2n) is 5.16. The van der Waals surface area contributed by atoms with Crippen molar-refractivity contribution < 1.29 is 13.2 Å². The monoisotopic (exact) mass is 301 g/mol. The zero-order chi connectivity index (χ0) is 14.6. The highest BCUT2D eigenvalue weighted by atomic mass is 32.2. The lowest BCUT2D eigenvalue weighted by Gasteiger charge is -2.27. The molecular weight excluding hydrogens is 278 g/mol. The Kier molecular flexibility index (Phi) is 5.20. The maximum atomic E-state index is 12.3. The number of rotatable bonds is 6. The first-order valence-corrected chi connectivity index (χ1v) is 8.51. The van der Waals surface area contributed by atoms with Gasteiger partial charge in [0.15, 0.2) is 0 Å². The van der Waals surface area contributed by atoms with Crippen LogP contribution in [0.2, 0.25) is 0 Å². The Morgan fingerprint density at radius 1 is 1.50 bits per heavy atom. The lowest BCUT2D eigenvalue weighted by molar-refractivity contribution is 0.0173. The lowest BCUT2D eigenvalue weighted by Crippen LogP contribution is -2.41. The van der Waals surface area contributed by atoms with Crippen molar-refractivity contribution >= 4 is 10.0 Å². The minimum Gasteiger partial charge on any atom is -0.378 e. The maximum Gasteiger partial charge on any atom is 0.242 e. The fourth-order valence-electron chi connectivity index (χ4n) is 2.33. The summed E-state index contributed by atoms with van der Waals surface area (Å²) in [5, 5.41) is 3.15. The SMILES string of the molecule is CCNCc1cc(S(=O)(=O)NC2CCOC(C)C2)c[nH]1. The van der Waals surface area contributed by atoms with Crippen molar-refractivity contribution in [3.63, 3.8) is 0 Å². The van der Waals surface area contributed by atoms with E-state index in [1.165, 1.54) is 6.20 Å². The predicted molar refractivity (Wildman–Crippen MR) is 76.9 cm³/mol. The van der Waals surface area contributed by atoms with Gasteiger partial charge in [-0.1, -0.05) is 6.92 Å². The summed E-state index contributed by atoms with van der Waals surface area (Å²) in [6, 6.07) is 1.63. The highest BCUT2D eigenvalue weighted by Crippen LogP contribution is 2.17. The highest BCUT2D eigenvalue weighted by molar-refractivity contribution is 7.89. The summed E-state index contributed by atoms with van der Waals surface area (Å²) in [7, 11) is -3.45. The average molecular weight is 301 g/mol. The molecule has 1 aromatic heterocycles. The molecule has 2 heterocycles. The maximum absolute atomic E-state index is 12.3. The molecular formula is C13H23N3O3S. The Labute approximate surface area is 120 Å². The average Bonchev–Trinajstić information content (AvgIpc) is 2.85. The molecule has 1 fully saturated rings. The number of aromatic nitrogens is 1. The molecule has 0 aromatic carbocycles. The number of H-pyrrole nitrogens is 1. The molecule has 20 heavy (non-hydrogen) atoms. The van der Waals surface area contributed by atoms with Crippen LogP contribution in [-0.2, 0) is 21.3 Å². The minimum absolute atomic E-state index is 0.0455. The Bertz CT molecular complexity index is 527. The van der Waals surface area contributed by atoms with E-state index in [1.54, 1.807) is 6.07 Å². The summed E-state index contributed by atoms with van der Waals surface area (Å²) in [4.78, 5) is 3.28. The molecule has 1 aliphatic rings. The van der Waals surface area contributed by atoms with Crippen molar-refractivity contribution in [3.05, 3.63) is 18.0 Å². The topological polar surface area (TPSA) is 83.2 Å². The summed E-state index contributed by atoms with van der Waals surface area (Å²) in [5.41, 5.74) is 0.868. The summed E-state index contributed by atoms with van der Waals surface area (Å²) in [5.74, 6) is 0. The van der Waals surface area contributed by atoms with Crippen molar-refractivity contribution in [2.45, 2.75) is 50.3 Å². The Hall–Kier alpha value is -0.890. The van der Waals surface area contributed by atoms with Crippen LogP contribution >= 0.6 is 0 Å². The third-order valence-corrected chi connectivity index (χ3v) is 4.90. The van der Waals surface area contributed by atoms with Crippen LogP contribution in [-0.4, -0.2) is 38.7 Å². The fourth-order valence-corrected chi connectivity index (χ4v) is 3.63. The van der Waals surface area contributed by atoms with E-state index < -0.39 is 10.0 Å². The molecule has 2 unspecified atom stereocenters. The standard InChI is InChI=1S/C13H23N3O3S/c1-3-14-8-12-7-13(9-15-12)20(17,18)16-11-4-5-19-10(2)6-11/h7,9-11,14-16H,3-6,8H2,1-2H3. The van der Waals surface area contributed by atoms with Gasteiger partial charge >= 0.3 is 0 Å². The molecule has 7 heteroatoms. The Morgan fingerprint density at radius 2 is 2.30 bits per heavy atom. The molecule has 3 N–H and O–H groups in total. The van der Waals surface area contributed by atoms with Gasteiger partial charge in [0.2, 0.25) is 10.0 Å². The van der Waals surface area contributed by atoms with Gasteiger partial charge in [0.1, 0.15) is 0 Å². The molecule has 1 saturated heterocycles. The van der Waals surface area contributed by atoms with Crippen molar-refractivity contribution in [2.24, 2.45) is 0 Å². The molecule has 1 aromatic rings. The van der Waals surface area contributed by atoms with Gasteiger partial charge < -0.3 is 15.0 Å². The third-order valence-electron chi connectivity index (χ3n) is 3.40. The first kappa shape index (κ1) is 15.5. The normalized spacial score (nSPS) is 23.9. The van der Waals surface area contributed by atoms with Crippen molar-refractivity contribution in [1.82, 2.24) is 15.0 Å². The van der Waals surface area contributed by atoms with Crippen LogP contribution in [0.15, 0.2) is 17.2 Å². The molecule has 0 spiro atoms. The van der Waals surface area contributed by atoms with Gasteiger partial charge in [-0.3, -0.25) is 0 Å². The van der Waals surface area contributed by atoms with E-state index in [0.29, 0.717) is 24.5 Å². The molecule has 2 rings (SSSR count). The molecule has 2 atom stereocenters. The first-order valence-electron chi connectivity index (χ1n) is 7.03. The third kappa shape index (κ3) is 4.05. The van der Waals surface area contributed by atoms with Gasteiger partial charge in [0.05, 0.1) is 11.0 Å². The Morgan fingerprint density at radius 3 is 3.00 bits per heavy atom. The van der Waals surface area contributed by atoms with E-state index in [1.807, 2.05) is 13.8 Å². The summed E-state index contributed by atoms with van der Waals surface area (Å²) >= 11 is 0. The summed E-state index contributed by atoms with van der Waals surface area (Å²) in [6.07, 6.45) is 3.08. The van der Waals surface area contributed by atoms with Gasteiger partial charge in [0, 0.05) is 31.1 Å². The molecule has 114 valence electrons. The summed E-state index contributed by atoms with van der Waals surface area (Å²) < 4.78 is 32.8. The number of nitrogens with one attached hydrogen (secondary N) is 3. The van der Waals surface area contributed by atoms with Crippen LogP contribution in [0.25, 0.3) is 0 Å². The Balaban J connectivity index is 2.00. The second kappa shape index (κ2) is 6.71. The van der Waals surface area contributed by atoms with Gasteiger partial charge in [-0.25, -0.2) is 13.1 Å². The van der Waals surface area contributed by atoms with Gasteiger partial charge in [-0.2, -0.15) is 0 Å². The van der Waals surface area contributed by atoms with E-state index in [9.17, 15) is 8.42 Å². The van der Waals surface area contributed by atoms with E-state index in [0.717, 1.165) is 18.7 Å². The number of aromatic amines is 1. The molecule has 1 aliphatic heterocycles. The smallest absolute Gasteiger partial charge is 0.242 e. The number of hydrogen-bond acceptors (Lipinski definition) is 4. The van der Waals surface area contributed by atoms with Crippen LogP contribution in [0.1, 0.15) is 32.4 Å². The minimum atomic E-state index is -3.45. The number of sulfonamides is 1. The molecule has 0 aliphatic carbocycles. The largest absolute Gasteiger partial charge is 0.378 e. The quantitative estimate of drug-likeness (QED) is 0.731. The van der Waals surface area contributed by atoms with Crippen molar-refractivity contribution in [2.75, 3.05) is 13.2 Å². The van der Waals surface area contributed by atoms with Gasteiger partial charge in [0.25, 0.3) is 0 Å². The van der Waals surface area contributed by atoms with E-state index in [2.05, 4.69) is 15.0 Å². The van der Waals surface area contributed by atoms with Crippen LogP contribution in [0.5, 0.6) is 0 Å². The van der Waals surface area contributed by atoms with Crippen LogP contribution in [0, 0.1) is 0 Å². The van der Waals surface area contributed by atoms with E-state index in [4.69, 9.17) is 4.74 Å². The van der Waals surface area contributed by atoms with Gasteiger partial charge in [-0.15, -0.1) is 0 Å². The zero-order valence-electron chi connectivity index (χ0n) is 12.0. The van der Waals surface area contributed by atoms with E-state index >= 15 is 0 Å². The second-order valence-corrected chi connectivity index (χ2v) is 6.88.